The Morgan fingerprint density at radius 1 is 1.09 bits per heavy atom. The maximum absolute atomic E-state index is 9.76. The van der Waals surface area contributed by atoms with Crippen molar-refractivity contribution in [3.8, 4) is 0 Å². The number of hydrogen-bond donors (Lipinski definition) is 1. The lowest BCUT2D eigenvalue weighted by atomic mass is 9.67. The fourth-order valence-corrected chi connectivity index (χ4v) is 1.99. The van der Waals surface area contributed by atoms with Crippen LogP contribution in [0.4, 0.5) is 0 Å². The van der Waals surface area contributed by atoms with E-state index in [-0.39, 0.29) is 16.9 Å². The Morgan fingerprint density at radius 2 is 1.55 bits per heavy atom. The summed E-state index contributed by atoms with van der Waals surface area (Å²) >= 11 is 0. The minimum atomic E-state index is -0.118. The first-order valence-electron chi connectivity index (χ1n) is 4.48. The Balaban J connectivity index is 2.95. The van der Waals surface area contributed by atoms with Gasteiger partial charge in [0.2, 0.25) is 0 Å². The van der Waals surface area contributed by atoms with Gasteiger partial charge in [-0.05, 0) is 23.2 Å². The van der Waals surface area contributed by atoms with Crippen molar-refractivity contribution in [2.45, 2.75) is 47.1 Å². The van der Waals surface area contributed by atoms with Crippen LogP contribution in [0.1, 0.15) is 41.0 Å². The molecule has 0 aromatic carbocycles. The zero-order chi connectivity index (χ0) is 8.86. The SMILES string of the molecule is CC1CC(O)C(C)(C)C1(C)C. The summed E-state index contributed by atoms with van der Waals surface area (Å²) in [5, 5.41) is 9.76. The number of hydrogen-bond acceptors (Lipinski definition) is 1. The van der Waals surface area contributed by atoms with Gasteiger partial charge in [-0.2, -0.15) is 0 Å². The van der Waals surface area contributed by atoms with E-state index in [9.17, 15) is 5.11 Å². The van der Waals surface area contributed by atoms with Crippen LogP contribution in [0.15, 0.2) is 0 Å². The van der Waals surface area contributed by atoms with Gasteiger partial charge in [-0.25, -0.2) is 0 Å². The summed E-state index contributed by atoms with van der Waals surface area (Å²) in [4.78, 5) is 0. The molecule has 0 radical (unpaired) electrons. The van der Waals surface area contributed by atoms with E-state index in [0.29, 0.717) is 5.92 Å². The zero-order valence-corrected chi connectivity index (χ0v) is 8.31. The minimum Gasteiger partial charge on any atom is -0.393 e. The van der Waals surface area contributed by atoms with E-state index in [1.165, 1.54) is 0 Å². The fourth-order valence-electron chi connectivity index (χ4n) is 1.99. The molecule has 1 N–H and O–H groups in total. The normalized spacial score (nSPS) is 40.9. The van der Waals surface area contributed by atoms with Crippen LogP contribution in [0.2, 0.25) is 0 Å². The van der Waals surface area contributed by atoms with Crippen LogP contribution < -0.4 is 0 Å². The van der Waals surface area contributed by atoms with Crippen LogP contribution in [0.25, 0.3) is 0 Å². The molecule has 1 heteroatoms. The topological polar surface area (TPSA) is 20.2 Å². The average molecular weight is 156 g/mol. The quantitative estimate of drug-likeness (QED) is 0.571. The molecule has 0 saturated heterocycles. The lowest BCUT2D eigenvalue weighted by Gasteiger charge is -2.39. The molecule has 11 heavy (non-hydrogen) atoms. The largest absolute Gasteiger partial charge is 0.393 e. The molecule has 66 valence electrons. The first-order chi connectivity index (χ1) is 4.80. The van der Waals surface area contributed by atoms with Crippen molar-refractivity contribution in [2.24, 2.45) is 16.7 Å². The molecule has 0 aliphatic heterocycles. The van der Waals surface area contributed by atoms with Gasteiger partial charge < -0.3 is 5.11 Å². The van der Waals surface area contributed by atoms with Gasteiger partial charge in [-0.1, -0.05) is 34.6 Å². The third-order valence-electron chi connectivity index (χ3n) is 4.30. The molecule has 1 nitrogen and oxygen atoms in total. The summed E-state index contributed by atoms with van der Waals surface area (Å²) in [6.45, 7) is 11.1. The second-order valence-electron chi connectivity index (χ2n) is 5.10. The molecular weight excluding hydrogens is 136 g/mol. The van der Waals surface area contributed by atoms with Crippen molar-refractivity contribution in [3.63, 3.8) is 0 Å². The van der Waals surface area contributed by atoms with Crippen LogP contribution in [0.3, 0.4) is 0 Å². The monoisotopic (exact) mass is 156 g/mol. The summed E-state index contributed by atoms with van der Waals surface area (Å²) in [5.74, 6) is 0.632. The first kappa shape index (κ1) is 9.05. The van der Waals surface area contributed by atoms with E-state index >= 15 is 0 Å². The number of aliphatic hydroxyl groups excluding tert-OH is 1. The first-order valence-corrected chi connectivity index (χ1v) is 4.48. The predicted octanol–water partition coefficient (Wildman–Crippen LogP) is 2.44. The molecule has 0 amide bonds. The Kier molecular flexibility index (Phi) is 1.83. The van der Waals surface area contributed by atoms with Gasteiger partial charge in [0, 0.05) is 0 Å². The summed E-state index contributed by atoms with van der Waals surface area (Å²) in [6, 6.07) is 0. The smallest absolute Gasteiger partial charge is 0.0599 e. The Morgan fingerprint density at radius 3 is 1.64 bits per heavy atom. The highest BCUT2D eigenvalue weighted by Gasteiger charge is 2.52. The van der Waals surface area contributed by atoms with E-state index in [0.717, 1.165) is 6.42 Å². The van der Waals surface area contributed by atoms with Gasteiger partial charge in [0.15, 0.2) is 0 Å². The molecule has 1 rings (SSSR count). The highest BCUT2D eigenvalue weighted by molar-refractivity contribution is 5.01. The van der Waals surface area contributed by atoms with E-state index in [2.05, 4.69) is 34.6 Å². The molecule has 2 atom stereocenters. The van der Waals surface area contributed by atoms with Crippen LogP contribution in [-0.4, -0.2) is 11.2 Å². The van der Waals surface area contributed by atoms with Crippen molar-refractivity contribution >= 4 is 0 Å². The number of rotatable bonds is 0. The molecule has 0 spiro atoms. The summed E-state index contributed by atoms with van der Waals surface area (Å²) in [6.07, 6.45) is 0.840. The summed E-state index contributed by atoms with van der Waals surface area (Å²) < 4.78 is 0. The van der Waals surface area contributed by atoms with Crippen LogP contribution in [0.5, 0.6) is 0 Å². The van der Waals surface area contributed by atoms with Crippen molar-refractivity contribution < 1.29 is 5.11 Å². The van der Waals surface area contributed by atoms with E-state index in [1.807, 2.05) is 0 Å². The summed E-state index contributed by atoms with van der Waals surface area (Å²) in [5.41, 5.74) is 0.346. The van der Waals surface area contributed by atoms with E-state index in [1.54, 1.807) is 0 Å². The lowest BCUT2D eigenvalue weighted by Crippen LogP contribution is -2.36. The van der Waals surface area contributed by atoms with Crippen LogP contribution >= 0.6 is 0 Å². The van der Waals surface area contributed by atoms with Gasteiger partial charge in [0.1, 0.15) is 0 Å². The lowest BCUT2D eigenvalue weighted by molar-refractivity contribution is 0.0148. The van der Waals surface area contributed by atoms with Gasteiger partial charge >= 0.3 is 0 Å². The van der Waals surface area contributed by atoms with Crippen molar-refractivity contribution in [3.05, 3.63) is 0 Å². The molecule has 1 aliphatic rings. The predicted molar refractivity (Wildman–Crippen MR) is 47.3 cm³/mol. The average Bonchev–Trinajstić information content (AvgIpc) is 1.95. The zero-order valence-electron chi connectivity index (χ0n) is 8.31. The third kappa shape index (κ3) is 1.01. The molecule has 0 aromatic heterocycles. The van der Waals surface area contributed by atoms with E-state index in [4.69, 9.17) is 0 Å². The molecule has 1 aliphatic carbocycles. The Labute approximate surface area is 69.8 Å². The maximum Gasteiger partial charge on any atom is 0.0599 e. The summed E-state index contributed by atoms with van der Waals surface area (Å²) in [7, 11) is 0. The van der Waals surface area contributed by atoms with Crippen molar-refractivity contribution in [1.82, 2.24) is 0 Å². The van der Waals surface area contributed by atoms with Gasteiger partial charge in [0.25, 0.3) is 0 Å². The van der Waals surface area contributed by atoms with Crippen LogP contribution in [-0.2, 0) is 0 Å². The Bertz CT molecular complexity index is 140. The number of aliphatic hydroxyl groups is 1. The second kappa shape index (κ2) is 2.22. The fraction of sp³-hybridized carbons (Fsp3) is 1.00. The van der Waals surface area contributed by atoms with Gasteiger partial charge in [-0.15, -0.1) is 0 Å². The molecule has 0 bridgehead atoms. The van der Waals surface area contributed by atoms with Gasteiger partial charge in [0.05, 0.1) is 6.10 Å². The van der Waals surface area contributed by atoms with Crippen molar-refractivity contribution in [2.75, 3.05) is 0 Å². The minimum absolute atomic E-state index is 0.0758. The highest BCUT2D eigenvalue weighted by Crippen LogP contribution is 2.55. The molecule has 0 aromatic rings. The second-order valence-corrected chi connectivity index (χ2v) is 5.10. The van der Waals surface area contributed by atoms with Crippen molar-refractivity contribution in [1.29, 1.82) is 0 Å². The highest BCUT2D eigenvalue weighted by atomic mass is 16.3. The molecule has 1 saturated carbocycles. The molecule has 2 unspecified atom stereocenters. The van der Waals surface area contributed by atoms with Crippen LogP contribution in [0, 0.1) is 16.7 Å². The Hall–Kier alpha value is -0.0400. The maximum atomic E-state index is 9.76. The third-order valence-corrected chi connectivity index (χ3v) is 4.30. The molecule has 1 fully saturated rings. The van der Waals surface area contributed by atoms with Gasteiger partial charge in [-0.3, -0.25) is 0 Å². The van der Waals surface area contributed by atoms with E-state index < -0.39 is 0 Å². The standard InChI is InChI=1S/C10H20O/c1-7-6-8(11)10(4,5)9(7,2)3/h7-8,11H,6H2,1-5H3. The molecule has 0 heterocycles. The molecular formula is C10H20O.